The van der Waals surface area contributed by atoms with Crippen molar-refractivity contribution in [3.05, 3.63) is 47.5 Å². The van der Waals surface area contributed by atoms with Crippen molar-refractivity contribution in [3.63, 3.8) is 0 Å². The Bertz CT molecular complexity index is 952. The fraction of sp³-hybridized carbons (Fsp3) is 0.429. The lowest BCUT2D eigenvalue weighted by molar-refractivity contribution is -0.256. The van der Waals surface area contributed by atoms with Gasteiger partial charge in [-0.25, -0.2) is 0 Å². The largest absolute Gasteiger partial charge is 0.496 e. The Morgan fingerprint density at radius 3 is 2.19 bits per heavy atom. The molecule has 4 aliphatic rings. The molecule has 8 nitrogen and oxygen atoms in total. The van der Waals surface area contributed by atoms with E-state index < -0.39 is 44.9 Å². The number of aliphatic hydroxyl groups excluding tert-OH is 1. The minimum absolute atomic E-state index is 0.284. The molecule has 0 aromatic heterocycles. The molecule has 2 aromatic rings. The molecule has 0 unspecified atom stereocenters. The van der Waals surface area contributed by atoms with Gasteiger partial charge in [-0.1, -0.05) is 24.3 Å². The molecule has 4 heterocycles. The Morgan fingerprint density at radius 2 is 1.52 bits per heavy atom. The van der Waals surface area contributed by atoms with Crippen LogP contribution in [0, 0.1) is 0 Å². The van der Waals surface area contributed by atoms with Crippen molar-refractivity contribution in [2.24, 2.45) is 0 Å². The minimum atomic E-state index is -0.904. The fourth-order valence-electron chi connectivity index (χ4n) is 4.82. The van der Waals surface area contributed by atoms with Crippen molar-refractivity contribution in [1.29, 1.82) is 0 Å². The van der Waals surface area contributed by atoms with Crippen molar-refractivity contribution in [2.45, 2.75) is 37.1 Å². The van der Waals surface area contributed by atoms with Crippen LogP contribution in [0.2, 0.25) is 0 Å². The van der Waals surface area contributed by atoms with Gasteiger partial charge < -0.3 is 37.9 Å². The van der Waals surface area contributed by atoms with Gasteiger partial charge in [-0.05, 0) is 34.2 Å². The van der Waals surface area contributed by atoms with Gasteiger partial charge in [0.05, 0.1) is 20.8 Å². The summed E-state index contributed by atoms with van der Waals surface area (Å²) in [7, 11) is 2.00. The van der Waals surface area contributed by atoms with E-state index in [0.717, 1.165) is 33.6 Å². The highest BCUT2D eigenvalue weighted by atomic mass is 16.8. The third kappa shape index (κ3) is 3.17. The third-order valence-electron chi connectivity index (χ3n) is 6.38. The molecule has 10 heteroatoms. The van der Waals surface area contributed by atoms with Crippen LogP contribution in [0.15, 0.2) is 36.4 Å². The number of benzene rings is 2. The van der Waals surface area contributed by atoms with E-state index in [1.165, 1.54) is 0 Å². The lowest BCUT2D eigenvalue weighted by Crippen LogP contribution is -2.64. The molecule has 160 valence electrons. The second kappa shape index (κ2) is 7.51. The highest BCUT2D eigenvalue weighted by Gasteiger charge is 2.56. The van der Waals surface area contributed by atoms with Crippen molar-refractivity contribution < 1.29 is 37.9 Å². The lowest BCUT2D eigenvalue weighted by atomic mass is 9.74. The Morgan fingerprint density at radius 1 is 0.871 bits per heavy atom. The molecule has 3 saturated heterocycles. The summed E-state index contributed by atoms with van der Waals surface area (Å²) >= 11 is 0. The zero-order chi connectivity index (χ0) is 21.1. The molecular formula is C21H22B2O8. The number of ether oxygens (including phenoxy) is 3. The Hall–Kier alpha value is -2.07. The molecule has 0 saturated carbocycles. The van der Waals surface area contributed by atoms with Crippen LogP contribution in [0.25, 0.3) is 0 Å². The summed E-state index contributed by atoms with van der Waals surface area (Å²) in [5.41, 5.74) is 3.59. The topological polar surface area (TPSA) is 84.8 Å². The van der Waals surface area contributed by atoms with E-state index in [2.05, 4.69) is 0 Å². The second-order valence-electron chi connectivity index (χ2n) is 8.19. The highest BCUT2D eigenvalue weighted by Crippen LogP contribution is 2.35. The lowest BCUT2D eigenvalue weighted by Gasteiger charge is -2.44. The van der Waals surface area contributed by atoms with Crippen molar-refractivity contribution in [3.8, 4) is 11.5 Å². The number of methoxy groups -OCH3 is 2. The Balaban J connectivity index is 1.50. The van der Waals surface area contributed by atoms with Crippen LogP contribution < -0.4 is 20.4 Å². The summed E-state index contributed by atoms with van der Waals surface area (Å²) in [4.78, 5) is 0. The van der Waals surface area contributed by atoms with Gasteiger partial charge in [0, 0.05) is 6.42 Å². The maximum atomic E-state index is 11.0. The zero-order valence-corrected chi connectivity index (χ0v) is 17.2. The minimum Gasteiger partial charge on any atom is -0.496 e. The molecular weight excluding hydrogens is 402 g/mol. The van der Waals surface area contributed by atoms with E-state index in [9.17, 15) is 5.11 Å². The van der Waals surface area contributed by atoms with E-state index in [0.29, 0.717) is 6.42 Å². The first-order valence-corrected chi connectivity index (χ1v) is 10.4. The van der Waals surface area contributed by atoms with Gasteiger partial charge in [0.2, 0.25) is 0 Å². The van der Waals surface area contributed by atoms with Crippen molar-refractivity contribution in [2.75, 3.05) is 20.8 Å². The van der Waals surface area contributed by atoms with Crippen LogP contribution in [-0.2, 0) is 29.8 Å². The molecule has 5 atom stereocenters. The third-order valence-corrected chi connectivity index (χ3v) is 6.38. The maximum absolute atomic E-state index is 11.0. The predicted octanol–water partition coefficient (Wildman–Crippen LogP) is -0.385. The first-order valence-electron chi connectivity index (χ1n) is 10.4. The molecule has 31 heavy (non-hydrogen) atoms. The van der Waals surface area contributed by atoms with E-state index in [1.807, 2.05) is 36.4 Å². The van der Waals surface area contributed by atoms with E-state index in [-0.39, 0.29) is 6.61 Å². The average molecular weight is 424 g/mol. The van der Waals surface area contributed by atoms with Crippen LogP contribution in [0.3, 0.4) is 0 Å². The normalized spacial score (nSPS) is 31.0. The summed E-state index contributed by atoms with van der Waals surface area (Å²) in [6.07, 6.45) is -2.69. The number of aliphatic hydroxyl groups is 1. The van der Waals surface area contributed by atoms with Crippen LogP contribution >= 0.6 is 0 Å². The molecule has 4 aliphatic heterocycles. The average Bonchev–Trinajstić information content (AvgIpc) is 3.23. The number of rotatable bonds is 2. The van der Waals surface area contributed by atoms with Crippen LogP contribution in [-0.4, -0.2) is 70.9 Å². The summed E-state index contributed by atoms with van der Waals surface area (Å²) in [5.74, 6) is 1.51. The fourth-order valence-corrected chi connectivity index (χ4v) is 4.82. The zero-order valence-electron chi connectivity index (χ0n) is 17.2. The summed E-state index contributed by atoms with van der Waals surface area (Å²) < 4.78 is 41.5. The first kappa shape index (κ1) is 19.6. The van der Waals surface area contributed by atoms with Gasteiger partial charge in [-0.2, -0.15) is 0 Å². The Labute approximate surface area is 180 Å². The smallest absolute Gasteiger partial charge is 0.496 e. The SMILES string of the molecule is COc1ccc2cc1Cc1cc(ccc1OC)B1OC[C@H]3O[C@@H]4OB2O[C@@H]4[C@@H](O)[C@@H]3O1. The van der Waals surface area contributed by atoms with Gasteiger partial charge in [0.15, 0.2) is 6.29 Å². The number of hydrogen-bond donors (Lipinski definition) is 1. The van der Waals surface area contributed by atoms with Gasteiger partial charge in [-0.15, -0.1) is 0 Å². The predicted molar refractivity (Wildman–Crippen MR) is 111 cm³/mol. The summed E-state index contributed by atoms with van der Waals surface area (Å²) in [6, 6.07) is 11.6. The van der Waals surface area contributed by atoms with Gasteiger partial charge in [0.1, 0.15) is 35.9 Å². The molecule has 3 fully saturated rings. The van der Waals surface area contributed by atoms with Crippen LogP contribution in [0.1, 0.15) is 11.1 Å². The first-order chi connectivity index (χ1) is 15.1. The molecule has 2 aromatic carbocycles. The van der Waals surface area contributed by atoms with Gasteiger partial charge in [-0.3, -0.25) is 0 Å². The van der Waals surface area contributed by atoms with E-state index in [1.54, 1.807) is 14.2 Å². The monoisotopic (exact) mass is 424 g/mol. The second-order valence-corrected chi connectivity index (χ2v) is 8.19. The van der Waals surface area contributed by atoms with E-state index >= 15 is 0 Å². The molecule has 0 amide bonds. The van der Waals surface area contributed by atoms with Crippen LogP contribution in [0.5, 0.6) is 11.5 Å². The van der Waals surface area contributed by atoms with Crippen LogP contribution in [0.4, 0.5) is 0 Å². The van der Waals surface area contributed by atoms with Crippen molar-refractivity contribution in [1.82, 2.24) is 0 Å². The summed E-state index contributed by atoms with van der Waals surface area (Å²) in [6.45, 7) is 0.284. The van der Waals surface area contributed by atoms with E-state index in [4.69, 9.17) is 32.8 Å². The van der Waals surface area contributed by atoms with Gasteiger partial charge >= 0.3 is 14.2 Å². The number of hydrogen-bond acceptors (Lipinski definition) is 8. The van der Waals surface area contributed by atoms with Crippen molar-refractivity contribution >= 4 is 25.2 Å². The van der Waals surface area contributed by atoms with Gasteiger partial charge in [0.25, 0.3) is 0 Å². The Kier molecular flexibility index (Phi) is 4.75. The summed E-state index contributed by atoms with van der Waals surface area (Å²) in [5, 5.41) is 11.0. The maximum Gasteiger partial charge on any atom is 0.496 e. The molecule has 6 rings (SSSR count). The standard InChI is InChI=1S/C21H22B2O8/c1-25-15-5-3-13-8-11(15)7-12-9-14(4-6-16(12)26-2)23-30-20-18(24)19-17(28-21(20)31-23)10-27-22(13)29-19/h3-6,8-9,17-21,24H,7,10H2,1-2H3/t17-,18+,19-,20-,21-/m1/s1. The molecule has 0 aliphatic carbocycles. The molecule has 1 N–H and O–H groups in total. The number of fused-ring (bicyclic) bond motifs is 8. The highest BCUT2D eigenvalue weighted by molar-refractivity contribution is 6.62. The molecule has 8 bridgehead atoms. The quantitative estimate of drug-likeness (QED) is 0.654. The molecule has 0 radical (unpaired) electrons. The molecule has 0 spiro atoms.